The molecule has 0 atom stereocenters. The van der Waals surface area contributed by atoms with Gasteiger partial charge in [0.05, 0.1) is 5.69 Å². The second kappa shape index (κ2) is 12.4. The van der Waals surface area contributed by atoms with Crippen molar-refractivity contribution in [2.24, 2.45) is 0 Å². The summed E-state index contributed by atoms with van der Waals surface area (Å²) >= 11 is 0. The van der Waals surface area contributed by atoms with Gasteiger partial charge in [-0.2, -0.15) is 0 Å². The van der Waals surface area contributed by atoms with Gasteiger partial charge in [0, 0.05) is 50.3 Å². The average Bonchev–Trinajstić information content (AvgIpc) is 3.91. The smallest absolute Gasteiger partial charge is 0.227 e. The predicted octanol–water partition coefficient (Wildman–Crippen LogP) is 14.5. The third kappa shape index (κ3) is 5.03. The number of furan rings is 1. The third-order valence-electron chi connectivity index (χ3n) is 11.5. The molecule has 4 heteroatoms. The van der Waals surface area contributed by atoms with Crippen LogP contribution in [0.25, 0.3) is 77.9 Å². The largest absolute Gasteiger partial charge is 0.455 e. The molecule has 0 radical (unpaired) electrons. The van der Waals surface area contributed by atoms with E-state index in [9.17, 15) is 0 Å². The maximum Gasteiger partial charge on any atom is 0.227 e. The quantitative estimate of drug-likeness (QED) is 0.171. The molecular formula is C52H36N2O2. The third-order valence-corrected chi connectivity index (χ3v) is 11.5. The molecule has 8 aromatic carbocycles. The van der Waals surface area contributed by atoms with Crippen LogP contribution in [0.15, 0.2) is 191 Å². The highest BCUT2D eigenvalue weighted by Crippen LogP contribution is 2.54. The van der Waals surface area contributed by atoms with Crippen LogP contribution in [0, 0.1) is 0 Å². The van der Waals surface area contributed by atoms with Crippen molar-refractivity contribution in [3.05, 3.63) is 193 Å². The van der Waals surface area contributed by atoms with Crippen molar-refractivity contribution in [2.75, 3.05) is 4.90 Å². The van der Waals surface area contributed by atoms with Crippen molar-refractivity contribution in [2.45, 2.75) is 19.3 Å². The van der Waals surface area contributed by atoms with Crippen LogP contribution in [0.1, 0.15) is 25.0 Å². The number of hydrogen-bond donors (Lipinski definition) is 0. The molecule has 1 aliphatic carbocycles. The van der Waals surface area contributed by atoms with E-state index in [2.05, 4.69) is 164 Å². The molecule has 0 fully saturated rings. The molecule has 0 saturated carbocycles. The summed E-state index contributed by atoms with van der Waals surface area (Å²) in [5, 5.41) is 2.05. The van der Waals surface area contributed by atoms with E-state index in [-0.39, 0.29) is 5.41 Å². The Morgan fingerprint density at radius 2 is 1.14 bits per heavy atom. The molecule has 56 heavy (non-hydrogen) atoms. The van der Waals surface area contributed by atoms with Crippen LogP contribution in [-0.2, 0) is 5.41 Å². The summed E-state index contributed by atoms with van der Waals surface area (Å²) in [6, 6.07) is 64.4. The molecule has 266 valence electrons. The molecule has 0 saturated heterocycles. The first-order valence-corrected chi connectivity index (χ1v) is 19.1. The SMILES string of the molecule is CC1(C)c2ccccc2-c2c(N(c3ccc(-c4cccc5c4oc4cc6nc(-c7ccccc7)oc6cc45)cc3)c3cccc(-c4ccccc4)c3)cccc21. The van der Waals surface area contributed by atoms with E-state index in [0.29, 0.717) is 5.89 Å². The van der Waals surface area contributed by atoms with Crippen LogP contribution in [0.4, 0.5) is 17.1 Å². The predicted molar refractivity (Wildman–Crippen MR) is 230 cm³/mol. The molecule has 1 aliphatic rings. The highest BCUT2D eigenvalue weighted by Gasteiger charge is 2.37. The number of nitrogens with zero attached hydrogens (tertiary/aromatic N) is 2. The lowest BCUT2D eigenvalue weighted by atomic mass is 9.82. The summed E-state index contributed by atoms with van der Waals surface area (Å²) < 4.78 is 12.9. The first-order chi connectivity index (χ1) is 27.5. The van der Waals surface area contributed by atoms with Crippen molar-refractivity contribution in [1.29, 1.82) is 0 Å². The Hall–Kier alpha value is -7.17. The minimum atomic E-state index is -0.114. The zero-order valence-corrected chi connectivity index (χ0v) is 31.0. The molecule has 0 unspecified atom stereocenters. The lowest BCUT2D eigenvalue weighted by Gasteiger charge is -2.29. The molecule has 0 spiro atoms. The Bertz CT molecular complexity index is 3100. The van der Waals surface area contributed by atoms with Crippen molar-refractivity contribution in [3.8, 4) is 44.8 Å². The summed E-state index contributed by atoms with van der Waals surface area (Å²) in [6.45, 7) is 4.68. The van der Waals surface area contributed by atoms with Gasteiger partial charge in [-0.3, -0.25) is 0 Å². The van der Waals surface area contributed by atoms with Crippen LogP contribution in [0.5, 0.6) is 0 Å². The number of anilines is 3. The van der Waals surface area contributed by atoms with E-state index in [0.717, 1.165) is 66.8 Å². The van der Waals surface area contributed by atoms with Crippen LogP contribution in [-0.4, -0.2) is 4.98 Å². The summed E-state index contributed by atoms with van der Waals surface area (Å²) in [4.78, 5) is 7.21. The molecule has 11 rings (SSSR count). The molecule has 0 amide bonds. The first-order valence-electron chi connectivity index (χ1n) is 19.1. The maximum absolute atomic E-state index is 6.64. The minimum Gasteiger partial charge on any atom is -0.455 e. The van der Waals surface area contributed by atoms with E-state index in [1.165, 1.54) is 33.4 Å². The van der Waals surface area contributed by atoms with Crippen molar-refractivity contribution >= 4 is 50.1 Å². The second-order valence-corrected chi connectivity index (χ2v) is 15.2. The number of oxazole rings is 1. The number of fused-ring (bicyclic) bond motifs is 7. The molecule has 10 aromatic rings. The van der Waals surface area contributed by atoms with Crippen molar-refractivity contribution in [3.63, 3.8) is 0 Å². The fraction of sp³-hybridized carbons (Fsp3) is 0.0577. The number of rotatable bonds is 6. The van der Waals surface area contributed by atoms with Gasteiger partial charge in [-0.05, 0) is 81.9 Å². The van der Waals surface area contributed by atoms with Gasteiger partial charge >= 0.3 is 0 Å². The van der Waals surface area contributed by atoms with Crippen LogP contribution in [0.3, 0.4) is 0 Å². The van der Waals surface area contributed by atoms with E-state index < -0.39 is 0 Å². The van der Waals surface area contributed by atoms with Gasteiger partial charge in [-0.25, -0.2) is 4.98 Å². The Morgan fingerprint density at radius 1 is 0.464 bits per heavy atom. The Morgan fingerprint density at radius 3 is 1.96 bits per heavy atom. The Balaban J connectivity index is 1.04. The topological polar surface area (TPSA) is 42.4 Å². The molecular weight excluding hydrogens is 685 g/mol. The molecule has 2 heterocycles. The van der Waals surface area contributed by atoms with Gasteiger partial charge in [0.15, 0.2) is 5.58 Å². The summed E-state index contributed by atoms with van der Waals surface area (Å²) in [7, 11) is 0. The van der Waals surface area contributed by atoms with E-state index >= 15 is 0 Å². The lowest BCUT2D eigenvalue weighted by Crippen LogP contribution is -2.16. The highest BCUT2D eigenvalue weighted by atomic mass is 16.4. The van der Waals surface area contributed by atoms with Crippen LogP contribution < -0.4 is 4.90 Å². The molecule has 0 aliphatic heterocycles. The van der Waals surface area contributed by atoms with Gasteiger partial charge in [0.2, 0.25) is 5.89 Å². The number of para-hydroxylation sites is 1. The van der Waals surface area contributed by atoms with Crippen molar-refractivity contribution < 1.29 is 8.83 Å². The summed E-state index contributed by atoms with van der Waals surface area (Å²) in [5.41, 5.74) is 17.1. The van der Waals surface area contributed by atoms with Gasteiger partial charge in [0.1, 0.15) is 16.7 Å². The monoisotopic (exact) mass is 720 g/mol. The van der Waals surface area contributed by atoms with Crippen molar-refractivity contribution in [1.82, 2.24) is 4.98 Å². The summed E-state index contributed by atoms with van der Waals surface area (Å²) in [6.07, 6.45) is 0. The van der Waals surface area contributed by atoms with Crippen LogP contribution in [0.2, 0.25) is 0 Å². The van der Waals surface area contributed by atoms with Gasteiger partial charge in [-0.1, -0.05) is 141 Å². The Labute approximate surface area is 324 Å². The minimum absolute atomic E-state index is 0.114. The molecule has 2 aromatic heterocycles. The maximum atomic E-state index is 6.64. The molecule has 4 nitrogen and oxygen atoms in total. The van der Waals surface area contributed by atoms with E-state index in [1.54, 1.807) is 0 Å². The van der Waals surface area contributed by atoms with E-state index in [4.69, 9.17) is 13.8 Å². The average molecular weight is 721 g/mol. The van der Waals surface area contributed by atoms with Gasteiger partial charge < -0.3 is 13.7 Å². The number of benzene rings is 8. The number of hydrogen-bond acceptors (Lipinski definition) is 4. The second-order valence-electron chi connectivity index (χ2n) is 15.2. The zero-order chi connectivity index (χ0) is 37.4. The lowest BCUT2D eigenvalue weighted by molar-refractivity contribution is 0.620. The van der Waals surface area contributed by atoms with Gasteiger partial charge in [-0.15, -0.1) is 0 Å². The normalized spacial score (nSPS) is 13.0. The van der Waals surface area contributed by atoms with E-state index in [1.807, 2.05) is 36.4 Å². The van der Waals surface area contributed by atoms with Crippen LogP contribution >= 0.6 is 0 Å². The molecule has 0 bridgehead atoms. The zero-order valence-electron chi connectivity index (χ0n) is 31.0. The highest BCUT2D eigenvalue weighted by molar-refractivity contribution is 6.12. The Kier molecular flexibility index (Phi) is 7.17. The van der Waals surface area contributed by atoms with Gasteiger partial charge in [0.25, 0.3) is 0 Å². The molecule has 0 N–H and O–H groups in total. The first kappa shape index (κ1) is 32.3. The number of aromatic nitrogens is 1. The summed E-state index contributed by atoms with van der Waals surface area (Å²) in [5.74, 6) is 0.604. The fourth-order valence-electron chi connectivity index (χ4n) is 8.74. The standard InChI is InChI=1S/C52H36N2O2/c1-52(2)43-23-10-9-20-41(43)49-44(52)24-13-25-46(49)54(38-19-11-18-36(30-38)33-14-5-3-6-15-33)37-28-26-34(27-29-37)39-21-12-22-40-42-31-48-45(32-47(42)55-50(39)40)53-51(56-48)35-16-7-4-8-17-35/h3-32H,1-2H3. The fourth-order valence-corrected chi connectivity index (χ4v) is 8.74.